The number of hydrogen-bond acceptors (Lipinski definition) is 5. The van der Waals surface area contributed by atoms with Gasteiger partial charge in [-0.3, -0.25) is 4.79 Å². The lowest BCUT2D eigenvalue weighted by molar-refractivity contribution is -0.125. The van der Waals surface area contributed by atoms with Crippen molar-refractivity contribution in [1.82, 2.24) is 0 Å². The molecule has 3 unspecified atom stereocenters. The molecule has 528 valence electrons. The molecule has 0 N–H and O–H groups in total. The molecule has 3 atom stereocenters. The first-order chi connectivity index (χ1) is 56.5. The van der Waals surface area contributed by atoms with E-state index in [-0.39, 0.29) is 22.8 Å². The Morgan fingerprint density at radius 2 is 0.579 bits per heavy atom. The summed E-state index contributed by atoms with van der Waals surface area (Å²) in [4.78, 5) is 24.4. The number of ketones is 1. The summed E-state index contributed by atoms with van der Waals surface area (Å²) in [5, 5.41) is 27.4. The maximum atomic E-state index is 19.7. The Kier molecular flexibility index (Phi) is 13.3. The van der Waals surface area contributed by atoms with E-state index in [0.29, 0.717) is 22.5 Å². The minimum Gasteiger partial charge on any atom is -0.308 e. The molecule has 0 aromatic heterocycles. The molecule has 0 fully saturated rings. The number of benzene rings is 16. The van der Waals surface area contributed by atoms with Crippen LogP contribution in [0.25, 0.3) is 77.9 Å². The first-order valence-corrected chi connectivity index (χ1v) is 39.5. The van der Waals surface area contributed by atoms with Crippen LogP contribution in [0.2, 0.25) is 0 Å². The second-order valence-electron chi connectivity index (χ2n) is 31.5. The van der Waals surface area contributed by atoms with Gasteiger partial charge in [0.15, 0.2) is 5.78 Å². The lowest BCUT2D eigenvalue weighted by atomic mass is 9.63. The van der Waals surface area contributed by atoms with Crippen molar-refractivity contribution < 1.29 is 4.79 Å². The first-order valence-electron chi connectivity index (χ1n) is 39.5. The zero-order valence-corrected chi connectivity index (χ0v) is 61.8. The molecule has 4 spiro atoms. The van der Waals surface area contributed by atoms with Crippen LogP contribution in [0.5, 0.6) is 0 Å². The third-order valence-corrected chi connectivity index (χ3v) is 26.9. The van der Waals surface area contributed by atoms with Crippen molar-refractivity contribution in [2.24, 2.45) is 5.92 Å². The van der Waals surface area contributed by atoms with E-state index in [9.17, 15) is 10.5 Å². The molecule has 8 aliphatic rings. The van der Waals surface area contributed by atoms with Gasteiger partial charge in [0.2, 0.25) is 0 Å². The number of anilines is 6. The number of carbonyl (C=O) groups excluding carboxylic acids is 1. The van der Waals surface area contributed by atoms with Gasteiger partial charge in [0.25, 0.3) is 0 Å². The van der Waals surface area contributed by atoms with Gasteiger partial charge in [-0.25, -0.2) is 0 Å². The number of carbonyl (C=O) groups is 1. The smallest absolute Gasteiger partial charge is 0.168 e. The molecular formula is C109H66N4O. The van der Waals surface area contributed by atoms with Crippen LogP contribution in [0.15, 0.2) is 388 Å². The van der Waals surface area contributed by atoms with E-state index in [4.69, 9.17) is 0 Å². The molecule has 0 saturated heterocycles. The second kappa shape index (κ2) is 23.6. The fraction of sp³-hybridized carbons (Fsp3) is 0.0550. The van der Waals surface area contributed by atoms with Crippen LogP contribution < -0.4 is 9.80 Å². The second-order valence-corrected chi connectivity index (χ2v) is 31.5. The standard InChI is InChI=1S/C109H66N4O/c110-65-83-84(66-111)104(113(72-63-59-70(60-64-72)68-31-5-2-6-32-68)98-56-28-54-96-100(98)82-42-16-26-52-94(82)107(96)87-45-19-9-35-75(87)76-36-10-20-46-88(76)107)102-101(108(89-47-21-11-37-77(89)78-38-12-22-48-90(78)108)105(114)109(102)91-49-23-13-39-79(91)80-40-14-24-50-92(80)109)103(83)112(71-61-57-69(58-62-71)67-29-3-1-4-30-67)97-55-27-53-95-99(97)81-41-15-25-51-93(81)106(95)85-43-17-7-33-73(85)74-34-8-18-44-86(74)106/h1-64,77,89H. The maximum Gasteiger partial charge on any atom is 0.168 e. The van der Waals surface area contributed by atoms with Crippen molar-refractivity contribution >= 4 is 39.9 Å². The van der Waals surface area contributed by atoms with E-state index in [0.717, 1.165) is 123 Å². The number of Topliss-reactive ketones (excluding diaryl/α,β-unsaturated/α-hetero) is 1. The minimum absolute atomic E-state index is 0.0361. The van der Waals surface area contributed by atoms with Gasteiger partial charge in [-0.1, -0.05) is 352 Å². The van der Waals surface area contributed by atoms with Crippen molar-refractivity contribution in [2.45, 2.75) is 27.6 Å². The van der Waals surface area contributed by atoms with Crippen LogP contribution in [-0.2, 0) is 26.5 Å². The normalized spacial score (nSPS) is 17.3. The van der Waals surface area contributed by atoms with Crippen LogP contribution in [-0.4, -0.2) is 5.78 Å². The van der Waals surface area contributed by atoms with Gasteiger partial charge in [0.05, 0.1) is 50.1 Å². The fourth-order valence-electron chi connectivity index (χ4n) is 22.9. The topological polar surface area (TPSA) is 71.1 Å². The van der Waals surface area contributed by atoms with E-state index < -0.39 is 27.6 Å². The van der Waals surface area contributed by atoms with Gasteiger partial charge < -0.3 is 9.80 Å². The predicted octanol–water partition coefficient (Wildman–Crippen LogP) is 25.4. The lowest BCUT2D eigenvalue weighted by Crippen LogP contribution is -2.46. The van der Waals surface area contributed by atoms with E-state index in [1.165, 1.54) is 44.5 Å². The average Bonchev–Trinajstić information content (AvgIpc) is 1.46. The zero-order chi connectivity index (χ0) is 75.3. The summed E-state index contributed by atoms with van der Waals surface area (Å²) < 4.78 is 0. The minimum atomic E-state index is -1.69. The third-order valence-electron chi connectivity index (χ3n) is 26.9. The SMILES string of the molecule is N#Cc1c(C#N)c(N(c2ccc(-c3ccccc3)cc2)c2cccc3c2-c2ccccc2C32c3ccccc3-c3ccccc32)c2c(c1N(c1ccc(-c3ccccc3)cc1)c1cccc3c1-c1ccccc1C31c3ccccc3-c3ccccc31)C1(C(=O)C23c2ccccc2C2C=CC=CC23)c2ccccc2-c2ccccc21. The van der Waals surface area contributed by atoms with E-state index in [1.54, 1.807) is 0 Å². The zero-order valence-electron chi connectivity index (χ0n) is 61.8. The maximum absolute atomic E-state index is 19.7. The van der Waals surface area contributed by atoms with Gasteiger partial charge >= 0.3 is 0 Å². The summed E-state index contributed by atoms with van der Waals surface area (Å²) in [6, 6.07) is 137. The Morgan fingerprint density at radius 3 is 0.974 bits per heavy atom. The number of allylic oxidation sites excluding steroid dienone is 4. The summed E-state index contributed by atoms with van der Waals surface area (Å²) in [7, 11) is 0. The molecule has 0 saturated carbocycles. The molecule has 5 nitrogen and oxygen atoms in total. The summed E-state index contributed by atoms with van der Waals surface area (Å²) in [6.45, 7) is 0. The molecule has 16 aromatic carbocycles. The molecule has 0 bridgehead atoms. The van der Waals surface area contributed by atoms with E-state index >= 15 is 4.79 Å². The van der Waals surface area contributed by atoms with Gasteiger partial charge in [0, 0.05) is 45.5 Å². The first kappa shape index (κ1) is 64.1. The van der Waals surface area contributed by atoms with Crippen LogP contribution in [0, 0.1) is 28.6 Å². The van der Waals surface area contributed by atoms with Crippen LogP contribution in [0.4, 0.5) is 34.1 Å². The quantitative estimate of drug-likeness (QED) is 0.152. The number of rotatable bonds is 8. The molecule has 5 heteroatoms. The van der Waals surface area contributed by atoms with Crippen molar-refractivity contribution in [3.63, 3.8) is 0 Å². The Labute approximate surface area is 661 Å². The van der Waals surface area contributed by atoms with Gasteiger partial charge in [-0.15, -0.1) is 0 Å². The third kappa shape index (κ3) is 7.83. The molecular weight excluding hydrogens is 1380 g/mol. The van der Waals surface area contributed by atoms with Crippen molar-refractivity contribution in [1.29, 1.82) is 10.5 Å². The highest BCUT2D eigenvalue weighted by Crippen LogP contribution is 2.75. The number of hydrogen-bond donors (Lipinski definition) is 0. The molecule has 8 aliphatic carbocycles. The van der Waals surface area contributed by atoms with E-state index in [1.807, 2.05) is 12.1 Å². The Balaban J connectivity index is 0.915. The van der Waals surface area contributed by atoms with Crippen molar-refractivity contribution in [3.05, 3.63) is 477 Å². The van der Waals surface area contributed by atoms with Gasteiger partial charge in [0.1, 0.15) is 17.6 Å². The predicted molar refractivity (Wildman–Crippen MR) is 457 cm³/mol. The van der Waals surface area contributed by atoms with Gasteiger partial charge in [-0.05, 0) is 170 Å². The highest BCUT2D eigenvalue weighted by Gasteiger charge is 2.73. The molecule has 0 heterocycles. The monoisotopic (exact) mass is 1450 g/mol. The number of fused-ring (bicyclic) bond motifs is 33. The van der Waals surface area contributed by atoms with Crippen LogP contribution >= 0.6 is 0 Å². The van der Waals surface area contributed by atoms with E-state index in [2.05, 4.69) is 398 Å². The van der Waals surface area contributed by atoms with Crippen molar-refractivity contribution in [3.8, 4) is 90.0 Å². The molecule has 24 rings (SSSR count). The average molecular weight is 1450 g/mol. The van der Waals surface area contributed by atoms with Crippen LogP contribution in [0.1, 0.15) is 94.9 Å². The highest BCUT2D eigenvalue weighted by atomic mass is 16.1. The highest BCUT2D eigenvalue weighted by molar-refractivity contribution is 6.22. The van der Waals surface area contributed by atoms with Crippen molar-refractivity contribution in [2.75, 3.05) is 9.80 Å². The number of nitriles is 2. The lowest BCUT2D eigenvalue weighted by Gasteiger charge is -2.40. The van der Waals surface area contributed by atoms with Gasteiger partial charge in [-0.2, -0.15) is 10.5 Å². The molecule has 16 aromatic rings. The van der Waals surface area contributed by atoms with Crippen LogP contribution in [0.3, 0.4) is 0 Å². The summed E-state index contributed by atoms with van der Waals surface area (Å²) in [6.07, 6.45) is 8.86. The Bertz CT molecular complexity index is 6930. The Hall–Kier alpha value is -14.8. The molecule has 114 heavy (non-hydrogen) atoms. The Morgan fingerprint density at radius 1 is 0.272 bits per heavy atom. The molecule has 0 radical (unpaired) electrons. The summed E-state index contributed by atoms with van der Waals surface area (Å²) >= 11 is 0. The summed E-state index contributed by atoms with van der Waals surface area (Å²) in [5.74, 6) is -0.879. The summed E-state index contributed by atoms with van der Waals surface area (Å²) in [5.41, 5.74) is 28.4. The molecule has 0 aliphatic heterocycles. The molecule has 0 amide bonds. The fourth-order valence-corrected chi connectivity index (χ4v) is 22.9. The largest absolute Gasteiger partial charge is 0.308 e. The number of nitrogens with zero attached hydrogens (tertiary/aromatic N) is 4.